The average Bonchev–Trinajstić information content (AvgIpc) is 2.42. The molecule has 1 atom stereocenters. The van der Waals surface area contributed by atoms with Gasteiger partial charge >= 0.3 is 0 Å². The first-order chi connectivity index (χ1) is 9.63. The van der Waals surface area contributed by atoms with Gasteiger partial charge < -0.3 is 16.2 Å². The third-order valence-electron chi connectivity index (χ3n) is 2.99. The van der Waals surface area contributed by atoms with Gasteiger partial charge in [-0.05, 0) is 6.42 Å². The highest BCUT2D eigenvalue weighted by Crippen LogP contribution is 2.21. The van der Waals surface area contributed by atoms with Crippen LogP contribution >= 0.6 is 0 Å². The van der Waals surface area contributed by atoms with E-state index >= 15 is 0 Å². The fourth-order valence-electron chi connectivity index (χ4n) is 1.97. The van der Waals surface area contributed by atoms with Crippen LogP contribution in [0.15, 0.2) is 12.3 Å². The maximum atomic E-state index is 13.2. The second kappa shape index (κ2) is 6.42. The molecule has 2 rings (SSSR count). The Balaban J connectivity index is 2.32. The van der Waals surface area contributed by atoms with E-state index in [1.807, 2.05) is 0 Å². The molecule has 2 aromatic heterocycles. The van der Waals surface area contributed by atoms with Gasteiger partial charge in [0.05, 0.1) is 24.4 Å². The van der Waals surface area contributed by atoms with E-state index in [4.69, 9.17) is 5.73 Å². The Labute approximate surface area is 116 Å². The van der Waals surface area contributed by atoms with Gasteiger partial charge in [-0.25, -0.2) is 14.4 Å². The SMILES string of the molecule is CCCC[C@@H](CO)Nc1nc(N)nc2cc(F)cnc12. The highest BCUT2D eigenvalue weighted by molar-refractivity contribution is 5.86. The summed E-state index contributed by atoms with van der Waals surface area (Å²) in [5.41, 5.74) is 6.40. The second-order valence-corrected chi connectivity index (χ2v) is 4.62. The lowest BCUT2D eigenvalue weighted by atomic mass is 10.1. The highest BCUT2D eigenvalue weighted by Gasteiger charge is 2.13. The molecule has 0 radical (unpaired) electrons. The molecule has 2 heterocycles. The smallest absolute Gasteiger partial charge is 0.222 e. The molecule has 0 aliphatic carbocycles. The number of pyridine rings is 1. The Morgan fingerprint density at radius 3 is 2.95 bits per heavy atom. The summed E-state index contributed by atoms with van der Waals surface area (Å²) in [5.74, 6) is -0.0199. The fourth-order valence-corrected chi connectivity index (χ4v) is 1.97. The van der Waals surface area contributed by atoms with Crippen LogP contribution in [0.3, 0.4) is 0 Å². The number of hydrogen-bond donors (Lipinski definition) is 3. The number of fused-ring (bicyclic) bond motifs is 1. The van der Waals surface area contributed by atoms with Crippen molar-refractivity contribution in [3.05, 3.63) is 18.1 Å². The lowest BCUT2D eigenvalue weighted by Gasteiger charge is -2.17. The van der Waals surface area contributed by atoms with Gasteiger partial charge in [0.1, 0.15) is 11.3 Å². The number of unbranched alkanes of at least 4 members (excludes halogenated alkanes) is 1. The zero-order chi connectivity index (χ0) is 14.5. The Kier molecular flexibility index (Phi) is 4.62. The number of anilines is 2. The van der Waals surface area contributed by atoms with Gasteiger partial charge in [0.15, 0.2) is 5.82 Å². The molecule has 0 aliphatic heterocycles. The van der Waals surface area contributed by atoms with E-state index in [1.54, 1.807) is 0 Å². The number of nitrogens with one attached hydrogen (secondary N) is 1. The van der Waals surface area contributed by atoms with Gasteiger partial charge in [0, 0.05) is 6.07 Å². The number of nitrogen functional groups attached to an aromatic ring is 1. The molecular formula is C13H18FN5O. The first-order valence-electron chi connectivity index (χ1n) is 6.60. The van der Waals surface area contributed by atoms with E-state index in [0.29, 0.717) is 16.9 Å². The summed E-state index contributed by atoms with van der Waals surface area (Å²) in [6.45, 7) is 2.06. The van der Waals surface area contributed by atoms with E-state index in [2.05, 4.69) is 27.2 Å². The van der Waals surface area contributed by atoms with Crippen LogP contribution in [0.5, 0.6) is 0 Å². The van der Waals surface area contributed by atoms with Gasteiger partial charge in [0.2, 0.25) is 5.95 Å². The highest BCUT2D eigenvalue weighted by atomic mass is 19.1. The van der Waals surface area contributed by atoms with Gasteiger partial charge in [0.25, 0.3) is 0 Å². The maximum Gasteiger partial charge on any atom is 0.222 e. The summed E-state index contributed by atoms with van der Waals surface area (Å²) in [6, 6.07) is 1.12. The number of nitrogens with two attached hydrogens (primary N) is 1. The normalized spacial score (nSPS) is 12.6. The number of aromatic nitrogens is 3. The summed E-state index contributed by atoms with van der Waals surface area (Å²) in [4.78, 5) is 12.0. The summed E-state index contributed by atoms with van der Waals surface area (Å²) < 4.78 is 13.2. The molecule has 0 saturated carbocycles. The van der Waals surface area contributed by atoms with Crippen LogP contribution in [0, 0.1) is 5.82 Å². The van der Waals surface area contributed by atoms with Crippen molar-refractivity contribution in [3.8, 4) is 0 Å². The average molecular weight is 279 g/mol. The van der Waals surface area contributed by atoms with Crippen molar-refractivity contribution >= 4 is 22.8 Å². The second-order valence-electron chi connectivity index (χ2n) is 4.62. The van der Waals surface area contributed by atoms with Gasteiger partial charge in [-0.1, -0.05) is 19.8 Å². The van der Waals surface area contributed by atoms with E-state index in [9.17, 15) is 9.50 Å². The molecule has 0 bridgehead atoms. The quantitative estimate of drug-likeness (QED) is 0.744. The molecule has 4 N–H and O–H groups in total. The third kappa shape index (κ3) is 3.30. The summed E-state index contributed by atoms with van der Waals surface area (Å²) >= 11 is 0. The van der Waals surface area contributed by atoms with Crippen molar-refractivity contribution in [2.45, 2.75) is 32.2 Å². The molecule has 7 heteroatoms. The van der Waals surface area contributed by atoms with Crippen LogP contribution in [-0.4, -0.2) is 32.7 Å². The van der Waals surface area contributed by atoms with Crippen LogP contribution in [0.25, 0.3) is 11.0 Å². The van der Waals surface area contributed by atoms with Crippen molar-refractivity contribution < 1.29 is 9.50 Å². The van der Waals surface area contributed by atoms with Crippen LogP contribution in [0.2, 0.25) is 0 Å². The van der Waals surface area contributed by atoms with E-state index in [1.165, 1.54) is 6.07 Å². The Morgan fingerprint density at radius 1 is 1.45 bits per heavy atom. The van der Waals surface area contributed by atoms with Crippen molar-refractivity contribution in [1.82, 2.24) is 15.0 Å². The molecule has 0 unspecified atom stereocenters. The summed E-state index contributed by atoms with van der Waals surface area (Å²) in [7, 11) is 0. The Hall–Kier alpha value is -2.02. The monoisotopic (exact) mass is 279 g/mol. The lowest BCUT2D eigenvalue weighted by molar-refractivity contribution is 0.267. The molecule has 0 saturated heterocycles. The van der Waals surface area contributed by atoms with Gasteiger partial charge in [-0.15, -0.1) is 0 Å². The molecular weight excluding hydrogens is 261 g/mol. The molecule has 0 fully saturated rings. The lowest BCUT2D eigenvalue weighted by Crippen LogP contribution is -2.24. The number of aliphatic hydroxyl groups excluding tert-OH is 1. The third-order valence-corrected chi connectivity index (χ3v) is 2.99. The van der Waals surface area contributed by atoms with Gasteiger partial charge in [-0.2, -0.15) is 4.98 Å². The van der Waals surface area contributed by atoms with Crippen molar-refractivity contribution in [1.29, 1.82) is 0 Å². The standard InChI is InChI=1S/C13H18FN5O/c1-2-3-4-9(7-20)17-12-11-10(18-13(15)19-12)5-8(14)6-16-11/h5-6,9,20H,2-4,7H2,1H3,(H3,15,17,18,19)/t9-/m0/s1. The Morgan fingerprint density at radius 2 is 2.25 bits per heavy atom. The van der Waals surface area contributed by atoms with Crippen LogP contribution in [0.4, 0.5) is 16.2 Å². The predicted octanol–water partition coefficient (Wildman–Crippen LogP) is 1.71. The molecule has 0 spiro atoms. The molecule has 108 valence electrons. The van der Waals surface area contributed by atoms with E-state index < -0.39 is 5.82 Å². The number of aliphatic hydroxyl groups is 1. The Bertz CT molecular complexity index is 587. The van der Waals surface area contributed by atoms with E-state index in [0.717, 1.165) is 25.5 Å². The molecule has 6 nitrogen and oxygen atoms in total. The first kappa shape index (κ1) is 14.4. The summed E-state index contributed by atoms with van der Waals surface area (Å²) in [5, 5.41) is 12.5. The molecule has 2 aromatic rings. The van der Waals surface area contributed by atoms with Crippen molar-refractivity contribution in [2.24, 2.45) is 0 Å². The van der Waals surface area contributed by atoms with Gasteiger partial charge in [-0.3, -0.25) is 0 Å². The summed E-state index contributed by atoms with van der Waals surface area (Å²) in [6.07, 6.45) is 3.93. The van der Waals surface area contributed by atoms with E-state index in [-0.39, 0.29) is 18.6 Å². The number of hydrogen-bond acceptors (Lipinski definition) is 6. The number of halogens is 1. The zero-order valence-corrected chi connectivity index (χ0v) is 11.3. The minimum Gasteiger partial charge on any atom is -0.394 e. The number of rotatable bonds is 6. The molecule has 0 aliphatic rings. The number of nitrogens with zero attached hydrogens (tertiary/aromatic N) is 3. The minimum absolute atomic E-state index is 0.0212. The zero-order valence-electron chi connectivity index (χ0n) is 11.3. The maximum absolute atomic E-state index is 13.2. The van der Waals surface area contributed by atoms with Crippen LogP contribution in [0.1, 0.15) is 26.2 Å². The molecule has 20 heavy (non-hydrogen) atoms. The van der Waals surface area contributed by atoms with Crippen LogP contribution < -0.4 is 11.1 Å². The largest absolute Gasteiger partial charge is 0.394 e. The van der Waals surface area contributed by atoms with Crippen molar-refractivity contribution in [2.75, 3.05) is 17.7 Å². The molecule has 0 amide bonds. The minimum atomic E-state index is -0.480. The fraction of sp³-hybridized carbons (Fsp3) is 0.462. The van der Waals surface area contributed by atoms with Crippen LogP contribution in [-0.2, 0) is 0 Å². The molecule has 0 aromatic carbocycles. The first-order valence-corrected chi connectivity index (χ1v) is 6.60. The van der Waals surface area contributed by atoms with Crippen molar-refractivity contribution in [3.63, 3.8) is 0 Å². The topological polar surface area (TPSA) is 97.0 Å². The predicted molar refractivity (Wildman–Crippen MR) is 75.7 cm³/mol.